The number of anilines is 1. The minimum Gasteiger partial charge on any atom is -0.365 e. The molecule has 3 rings (SSSR count). The van der Waals surface area contributed by atoms with Gasteiger partial charge in [-0.05, 0) is 50.5 Å². The number of pyridine rings is 1. The van der Waals surface area contributed by atoms with Gasteiger partial charge in [0, 0.05) is 17.6 Å². The van der Waals surface area contributed by atoms with E-state index in [0.717, 1.165) is 23.1 Å². The number of guanidine groups is 1. The summed E-state index contributed by atoms with van der Waals surface area (Å²) in [5, 5.41) is 15.9. The number of nitrogens with one attached hydrogen (secondary N) is 2. The van der Waals surface area contributed by atoms with Crippen LogP contribution in [0.5, 0.6) is 0 Å². The zero-order valence-electron chi connectivity index (χ0n) is 17.5. The monoisotopic (exact) mass is 456 g/mol. The lowest BCUT2D eigenvalue weighted by Crippen LogP contribution is -2.33. The fraction of sp³-hybridized carbons (Fsp3) is 0.238. The van der Waals surface area contributed by atoms with Crippen molar-refractivity contribution >= 4 is 32.6 Å². The summed E-state index contributed by atoms with van der Waals surface area (Å²) in [5.41, 5.74) is 8.15. The smallest absolute Gasteiger partial charge is 0.266 e. The molecule has 0 bridgehead atoms. The van der Waals surface area contributed by atoms with Gasteiger partial charge in [0.25, 0.3) is 16.0 Å². The lowest BCUT2D eigenvalue weighted by atomic mass is 10.1. The third kappa shape index (κ3) is 6.14. The molecule has 0 unspecified atom stereocenters. The zero-order valence-corrected chi connectivity index (χ0v) is 18.3. The molecule has 4 N–H and O–H groups in total. The van der Waals surface area contributed by atoms with E-state index in [1.165, 1.54) is 0 Å². The molecule has 0 saturated heterocycles. The summed E-state index contributed by atoms with van der Waals surface area (Å²) in [5.74, 6) is -0.232. The quantitative estimate of drug-likeness (QED) is 0.147. The van der Waals surface area contributed by atoms with E-state index in [4.69, 9.17) is 5.73 Å². The molecule has 0 radical (unpaired) electrons. The molecule has 3 aromatic rings. The first-order chi connectivity index (χ1) is 15.2. The van der Waals surface area contributed by atoms with Crippen LogP contribution in [0.2, 0.25) is 0 Å². The average Bonchev–Trinajstić information content (AvgIpc) is 2.73. The van der Waals surface area contributed by atoms with Gasteiger partial charge in [-0.15, -0.1) is 0 Å². The molecule has 10 nitrogen and oxygen atoms in total. The second-order valence-corrected chi connectivity index (χ2v) is 8.89. The molecule has 0 aliphatic carbocycles. The van der Waals surface area contributed by atoms with Crippen LogP contribution in [0, 0.1) is 17.0 Å². The van der Waals surface area contributed by atoms with E-state index in [1.54, 1.807) is 36.4 Å². The molecule has 11 heteroatoms. The number of hydrogen-bond donors (Lipinski definition) is 3. The molecule has 1 aromatic heterocycles. The Hall–Kier alpha value is -3.73. The van der Waals surface area contributed by atoms with E-state index in [9.17, 15) is 18.5 Å². The first-order valence-electron chi connectivity index (χ1n) is 9.95. The van der Waals surface area contributed by atoms with Gasteiger partial charge in [-0.2, -0.15) is 0 Å². The molecule has 32 heavy (non-hydrogen) atoms. The molecule has 0 saturated carbocycles. The molecule has 168 valence electrons. The number of sulfonamides is 1. The largest absolute Gasteiger partial charge is 0.365 e. The molecule has 1 heterocycles. The average molecular weight is 457 g/mol. The van der Waals surface area contributed by atoms with Crippen LogP contribution in [0.1, 0.15) is 24.1 Å². The Bertz CT molecular complexity index is 1240. The van der Waals surface area contributed by atoms with Crippen molar-refractivity contribution < 1.29 is 13.5 Å². The molecule has 0 aliphatic heterocycles. The number of rotatable bonds is 9. The van der Waals surface area contributed by atoms with Crippen molar-refractivity contribution in [1.29, 1.82) is 0 Å². The van der Waals surface area contributed by atoms with Crippen LogP contribution in [-0.2, 0) is 16.4 Å². The minimum atomic E-state index is -3.74. The Kier molecular flexibility index (Phi) is 7.21. The molecule has 2 aromatic carbocycles. The van der Waals surface area contributed by atoms with E-state index in [1.807, 2.05) is 25.1 Å². The Labute approximate surface area is 185 Å². The second-order valence-electron chi connectivity index (χ2n) is 7.21. The van der Waals surface area contributed by atoms with Crippen LogP contribution < -0.4 is 15.8 Å². The van der Waals surface area contributed by atoms with Gasteiger partial charge in [0.15, 0.2) is 5.03 Å². The third-order valence-electron chi connectivity index (χ3n) is 4.71. The molecular weight excluding hydrogens is 432 g/mol. The van der Waals surface area contributed by atoms with Crippen LogP contribution in [-0.4, -0.2) is 30.9 Å². The SMILES string of the molecule is Cc1ccc(S(=O)(=O)Nc2cccc3ccc(CCCCN/C(N)=N/[N+](=O)[O-])nc23)cc1. The summed E-state index contributed by atoms with van der Waals surface area (Å²) in [6.07, 6.45) is 2.12. The van der Waals surface area contributed by atoms with E-state index < -0.39 is 15.1 Å². The zero-order chi connectivity index (χ0) is 23.1. The number of fused-ring (bicyclic) bond motifs is 1. The van der Waals surface area contributed by atoms with Gasteiger partial charge >= 0.3 is 0 Å². The highest BCUT2D eigenvalue weighted by Gasteiger charge is 2.16. The maximum atomic E-state index is 12.8. The van der Waals surface area contributed by atoms with Gasteiger partial charge in [0.1, 0.15) is 5.10 Å². The molecule has 0 amide bonds. The molecule has 0 spiro atoms. The van der Waals surface area contributed by atoms with Crippen LogP contribution >= 0.6 is 0 Å². The third-order valence-corrected chi connectivity index (χ3v) is 6.09. The number of aromatic nitrogens is 1. The number of nitro groups is 1. The second kappa shape index (κ2) is 10.1. The highest BCUT2D eigenvalue weighted by atomic mass is 32.2. The number of aryl methyl sites for hydroxylation is 2. The van der Waals surface area contributed by atoms with Crippen molar-refractivity contribution in [2.75, 3.05) is 11.3 Å². The predicted molar refractivity (Wildman–Crippen MR) is 123 cm³/mol. The number of para-hydroxylation sites is 1. The van der Waals surface area contributed by atoms with Crippen molar-refractivity contribution in [1.82, 2.24) is 10.3 Å². The highest BCUT2D eigenvalue weighted by Crippen LogP contribution is 2.25. The fourth-order valence-corrected chi connectivity index (χ4v) is 4.17. The first-order valence-corrected chi connectivity index (χ1v) is 11.4. The van der Waals surface area contributed by atoms with Crippen LogP contribution in [0.3, 0.4) is 0 Å². The summed E-state index contributed by atoms with van der Waals surface area (Å²) in [7, 11) is -3.74. The molecular formula is C21H24N6O4S. The molecule has 0 aliphatic rings. The number of nitrogens with two attached hydrogens (primary N) is 1. The molecule has 0 atom stereocenters. The summed E-state index contributed by atoms with van der Waals surface area (Å²) in [6.45, 7) is 2.34. The van der Waals surface area contributed by atoms with Gasteiger partial charge in [-0.25, -0.2) is 18.5 Å². The van der Waals surface area contributed by atoms with Crippen molar-refractivity contribution in [2.24, 2.45) is 10.8 Å². The van der Waals surface area contributed by atoms with Crippen LogP contribution in [0.15, 0.2) is 64.6 Å². The maximum Gasteiger partial charge on any atom is 0.266 e. The van der Waals surface area contributed by atoms with Gasteiger partial charge in [-0.3, -0.25) is 9.71 Å². The van der Waals surface area contributed by atoms with Gasteiger partial charge < -0.3 is 11.1 Å². The summed E-state index contributed by atoms with van der Waals surface area (Å²) >= 11 is 0. The topological polar surface area (TPSA) is 153 Å². The Morgan fingerprint density at radius 3 is 2.59 bits per heavy atom. The van der Waals surface area contributed by atoms with Crippen LogP contribution in [0.25, 0.3) is 10.9 Å². The Morgan fingerprint density at radius 2 is 1.88 bits per heavy atom. The van der Waals surface area contributed by atoms with Gasteiger partial charge in [0.05, 0.1) is 16.1 Å². The highest BCUT2D eigenvalue weighted by molar-refractivity contribution is 7.92. The van der Waals surface area contributed by atoms with Crippen molar-refractivity contribution in [3.05, 3.63) is 76.0 Å². The van der Waals surface area contributed by atoms with Crippen molar-refractivity contribution in [2.45, 2.75) is 31.1 Å². The Morgan fingerprint density at radius 1 is 1.12 bits per heavy atom. The number of unbranched alkanes of at least 4 members (excludes halogenated alkanes) is 1. The first kappa shape index (κ1) is 22.9. The summed E-state index contributed by atoms with van der Waals surface area (Å²) < 4.78 is 28.2. The van der Waals surface area contributed by atoms with Gasteiger partial charge in [0.2, 0.25) is 0 Å². The van der Waals surface area contributed by atoms with Crippen molar-refractivity contribution in [3.8, 4) is 0 Å². The summed E-state index contributed by atoms with van der Waals surface area (Å²) in [4.78, 5) is 15.1. The van der Waals surface area contributed by atoms with E-state index in [2.05, 4.69) is 20.1 Å². The summed E-state index contributed by atoms with van der Waals surface area (Å²) in [6, 6.07) is 15.8. The van der Waals surface area contributed by atoms with Crippen LogP contribution in [0.4, 0.5) is 5.69 Å². The van der Waals surface area contributed by atoms with Gasteiger partial charge in [-0.1, -0.05) is 35.9 Å². The number of hydrazone groups is 1. The normalized spacial score (nSPS) is 12.0. The lowest BCUT2D eigenvalue weighted by molar-refractivity contribution is -0.485. The maximum absolute atomic E-state index is 12.8. The predicted octanol–water partition coefficient (Wildman–Crippen LogP) is 2.76. The van der Waals surface area contributed by atoms with E-state index in [0.29, 0.717) is 30.6 Å². The Balaban J connectivity index is 1.69. The number of hydrogen-bond acceptors (Lipinski definition) is 5. The van der Waals surface area contributed by atoms with E-state index >= 15 is 0 Å². The fourth-order valence-electron chi connectivity index (χ4n) is 3.10. The number of nitrogens with zero attached hydrogens (tertiary/aromatic N) is 3. The lowest BCUT2D eigenvalue weighted by Gasteiger charge is -2.11. The van der Waals surface area contributed by atoms with Crippen molar-refractivity contribution in [3.63, 3.8) is 0 Å². The standard InChI is InChI=1S/C21H24N6O4S/c1-15-8-12-18(13-9-15)32(30,31)26-19-7-4-5-16-10-11-17(24-20(16)19)6-2-3-14-23-21(22)25-27(28)29/h4-5,7-13,26H,2-3,6,14H2,1H3,(H3,22,23,25). The molecule has 0 fully saturated rings. The van der Waals surface area contributed by atoms with E-state index in [-0.39, 0.29) is 10.9 Å². The number of benzene rings is 2. The minimum absolute atomic E-state index is 0.184.